The zero-order chi connectivity index (χ0) is 15.0. The average Bonchev–Trinajstić information content (AvgIpc) is 2.76. The monoisotopic (exact) mass is 305 g/mol. The van der Waals surface area contributed by atoms with E-state index in [0.717, 1.165) is 17.7 Å². The predicted molar refractivity (Wildman–Crippen MR) is 81.5 cm³/mol. The van der Waals surface area contributed by atoms with Crippen LogP contribution in [0.1, 0.15) is 19.4 Å². The number of nitrogens with one attached hydrogen (secondary N) is 1. The molecule has 1 aliphatic rings. The molecule has 110 valence electrons. The summed E-state index contributed by atoms with van der Waals surface area (Å²) in [6, 6.07) is 5.82. The van der Waals surface area contributed by atoms with Crippen LogP contribution in [-0.2, 0) is 6.42 Å². The van der Waals surface area contributed by atoms with E-state index < -0.39 is 0 Å². The molecule has 1 aliphatic heterocycles. The quantitative estimate of drug-likeness (QED) is 0.937. The van der Waals surface area contributed by atoms with Crippen LogP contribution < -0.4 is 14.8 Å². The van der Waals surface area contributed by atoms with E-state index in [2.05, 4.69) is 15.3 Å². The summed E-state index contributed by atoms with van der Waals surface area (Å²) in [5, 5.41) is 3.20. The Hall–Kier alpha value is -2.01. The smallest absolute Gasteiger partial charge is 0.243 e. The lowest BCUT2D eigenvalue weighted by Crippen LogP contribution is -2.24. The molecule has 0 amide bonds. The molecule has 0 radical (unpaired) electrons. The van der Waals surface area contributed by atoms with Gasteiger partial charge in [0.2, 0.25) is 11.8 Å². The van der Waals surface area contributed by atoms with Crippen molar-refractivity contribution >= 4 is 17.5 Å². The highest BCUT2D eigenvalue weighted by Crippen LogP contribution is 2.43. The summed E-state index contributed by atoms with van der Waals surface area (Å²) in [6.45, 7) is 4.10. The largest absolute Gasteiger partial charge is 0.483 e. The van der Waals surface area contributed by atoms with Gasteiger partial charge in [0.05, 0.1) is 6.20 Å². The van der Waals surface area contributed by atoms with Crippen LogP contribution >= 0.6 is 11.6 Å². The van der Waals surface area contributed by atoms with Gasteiger partial charge in [-0.2, -0.15) is 4.98 Å². The second-order valence-electron chi connectivity index (χ2n) is 5.48. The summed E-state index contributed by atoms with van der Waals surface area (Å²) in [4.78, 5) is 8.25. The fraction of sp³-hybridized carbons (Fsp3) is 0.333. The van der Waals surface area contributed by atoms with Crippen LogP contribution in [0.2, 0.25) is 5.02 Å². The minimum Gasteiger partial charge on any atom is -0.483 e. The van der Waals surface area contributed by atoms with Crippen molar-refractivity contribution in [1.82, 2.24) is 9.97 Å². The van der Waals surface area contributed by atoms with E-state index in [0.29, 0.717) is 22.6 Å². The number of aromatic nitrogens is 2. The molecular formula is C15H16ClN3O2. The zero-order valence-corrected chi connectivity index (χ0v) is 12.9. The molecule has 0 aliphatic carbocycles. The van der Waals surface area contributed by atoms with Crippen LogP contribution in [0, 0.1) is 0 Å². The predicted octanol–water partition coefficient (Wildman–Crippen LogP) is 3.68. The molecule has 3 rings (SSSR count). The minimum absolute atomic E-state index is 0.229. The summed E-state index contributed by atoms with van der Waals surface area (Å²) in [6.07, 6.45) is 2.35. The third-order valence-electron chi connectivity index (χ3n) is 3.20. The number of halogens is 1. The van der Waals surface area contributed by atoms with Crippen LogP contribution in [-0.4, -0.2) is 22.6 Å². The normalized spacial score (nSPS) is 15.2. The van der Waals surface area contributed by atoms with Crippen molar-refractivity contribution in [2.75, 3.05) is 12.4 Å². The first-order valence-electron chi connectivity index (χ1n) is 6.67. The molecule has 2 heterocycles. The van der Waals surface area contributed by atoms with Gasteiger partial charge in [-0.1, -0.05) is 23.7 Å². The van der Waals surface area contributed by atoms with Gasteiger partial charge in [0.15, 0.2) is 11.5 Å². The lowest BCUT2D eigenvalue weighted by atomic mass is 10.0. The Kier molecular flexibility index (Phi) is 3.37. The van der Waals surface area contributed by atoms with E-state index in [1.807, 2.05) is 32.0 Å². The minimum atomic E-state index is -0.229. The Morgan fingerprint density at radius 1 is 1.38 bits per heavy atom. The van der Waals surface area contributed by atoms with E-state index in [4.69, 9.17) is 21.1 Å². The van der Waals surface area contributed by atoms with E-state index in [-0.39, 0.29) is 5.60 Å². The molecular weight excluding hydrogens is 290 g/mol. The first-order chi connectivity index (χ1) is 9.98. The molecule has 1 aromatic heterocycles. The molecule has 1 aromatic carbocycles. The lowest BCUT2D eigenvalue weighted by molar-refractivity contribution is 0.135. The Labute approximate surface area is 128 Å². The molecule has 0 saturated carbocycles. The molecule has 0 saturated heterocycles. The number of anilines is 1. The van der Waals surface area contributed by atoms with E-state index in [1.165, 1.54) is 6.20 Å². The number of para-hydroxylation sites is 1. The second kappa shape index (κ2) is 5.07. The molecule has 0 atom stereocenters. The van der Waals surface area contributed by atoms with Crippen molar-refractivity contribution in [3.05, 3.63) is 35.0 Å². The molecule has 5 nitrogen and oxygen atoms in total. The van der Waals surface area contributed by atoms with Crippen LogP contribution in [0.3, 0.4) is 0 Å². The molecule has 0 unspecified atom stereocenters. The Bertz CT molecular complexity index is 689. The van der Waals surface area contributed by atoms with Crippen molar-refractivity contribution < 1.29 is 9.47 Å². The highest BCUT2D eigenvalue weighted by atomic mass is 35.5. The molecule has 0 bridgehead atoms. The fourth-order valence-corrected chi connectivity index (χ4v) is 2.45. The maximum absolute atomic E-state index is 6.09. The summed E-state index contributed by atoms with van der Waals surface area (Å²) in [5.41, 5.74) is 0.893. The van der Waals surface area contributed by atoms with Gasteiger partial charge in [0, 0.05) is 19.0 Å². The number of fused-ring (bicyclic) bond motifs is 1. The third kappa shape index (κ3) is 2.74. The van der Waals surface area contributed by atoms with Crippen LogP contribution in [0.4, 0.5) is 5.95 Å². The number of ether oxygens (including phenoxy) is 2. The molecule has 0 spiro atoms. The van der Waals surface area contributed by atoms with Gasteiger partial charge in [-0.3, -0.25) is 0 Å². The van der Waals surface area contributed by atoms with Gasteiger partial charge in [0.25, 0.3) is 0 Å². The number of hydrogen-bond acceptors (Lipinski definition) is 5. The SMILES string of the molecule is CNc1ncc(Cl)c(Oc2cccc3c2OC(C)(C)C3)n1. The number of hydrogen-bond donors (Lipinski definition) is 1. The van der Waals surface area contributed by atoms with Gasteiger partial charge >= 0.3 is 0 Å². The number of nitrogens with zero attached hydrogens (tertiary/aromatic N) is 2. The summed E-state index contributed by atoms with van der Waals surface area (Å²) >= 11 is 6.09. The maximum atomic E-state index is 6.09. The van der Waals surface area contributed by atoms with E-state index >= 15 is 0 Å². The van der Waals surface area contributed by atoms with Gasteiger partial charge in [-0.05, 0) is 19.9 Å². The zero-order valence-electron chi connectivity index (χ0n) is 12.1. The third-order valence-corrected chi connectivity index (χ3v) is 3.46. The van der Waals surface area contributed by atoms with Crippen molar-refractivity contribution in [2.24, 2.45) is 0 Å². The number of benzene rings is 1. The molecule has 2 aromatic rings. The van der Waals surface area contributed by atoms with Crippen LogP contribution in [0.25, 0.3) is 0 Å². The van der Waals surface area contributed by atoms with Crippen LogP contribution in [0.5, 0.6) is 17.4 Å². The van der Waals surface area contributed by atoms with Gasteiger partial charge in [-0.15, -0.1) is 0 Å². The van der Waals surface area contributed by atoms with Crippen molar-refractivity contribution in [3.8, 4) is 17.4 Å². The Morgan fingerprint density at radius 2 is 2.19 bits per heavy atom. The molecule has 6 heteroatoms. The summed E-state index contributed by atoms with van der Waals surface area (Å²) in [5.74, 6) is 2.12. The lowest BCUT2D eigenvalue weighted by Gasteiger charge is -2.18. The van der Waals surface area contributed by atoms with Crippen molar-refractivity contribution in [2.45, 2.75) is 25.9 Å². The fourth-order valence-electron chi connectivity index (χ4n) is 2.32. The first kappa shape index (κ1) is 13.9. The van der Waals surface area contributed by atoms with Gasteiger partial charge in [0.1, 0.15) is 10.6 Å². The van der Waals surface area contributed by atoms with Crippen molar-refractivity contribution in [1.29, 1.82) is 0 Å². The van der Waals surface area contributed by atoms with E-state index in [1.54, 1.807) is 7.05 Å². The second-order valence-corrected chi connectivity index (χ2v) is 5.89. The van der Waals surface area contributed by atoms with Gasteiger partial charge < -0.3 is 14.8 Å². The van der Waals surface area contributed by atoms with Gasteiger partial charge in [-0.25, -0.2) is 4.98 Å². The number of rotatable bonds is 3. The topological polar surface area (TPSA) is 56.3 Å². The molecule has 0 fully saturated rings. The maximum Gasteiger partial charge on any atom is 0.243 e. The van der Waals surface area contributed by atoms with Crippen LogP contribution in [0.15, 0.2) is 24.4 Å². The highest BCUT2D eigenvalue weighted by molar-refractivity contribution is 6.31. The average molecular weight is 306 g/mol. The summed E-state index contributed by atoms with van der Waals surface area (Å²) < 4.78 is 11.8. The van der Waals surface area contributed by atoms with Crippen molar-refractivity contribution in [3.63, 3.8) is 0 Å². The summed E-state index contributed by atoms with van der Waals surface area (Å²) in [7, 11) is 1.73. The van der Waals surface area contributed by atoms with E-state index in [9.17, 15) is 0 Å². The molecule has 21 heavy (non-hydrogen) atoms. The first-order valence-corrected chi connectivity index (χ1v) is 7.05. The Morgan fingerprint density at radius 3 is 2.95 bits per heavy atom. The molecule has 1 N–H and O–H groups in total. The Balaban J connectivity index is 1.96. The standard InChI is InChI=1S/C15H16ClN3O2/c1-15(2)7-9-5-4-6-11(12(9)21-15)20-13-10(16)8-18-14(17-3)19-13/h4-6,8H,7H2,1-3H3,(H,17,18,19). The highest BCUT2D eigenvalue weighted by Gasteiger charge is 2.32.